The van der Waals surface area contributed by atoms with Gasteiger partial charge in [-0.2, -0.15) is 0 Å². The molecule has 5 N–H and O–H groups in total. The third kappa shape index (κ3) is 4.41. The number of nitrogen functional groups attached to an aromatic ring is 1. The first kappa shape index (κ1) is 20.6. The summed E-state index contributed by atoms with van der Waals surface area (Å²) in [7, 11) is 0. The largest absolute Gasteiger partial charge is 0.397 e. The lowest BCUT2D eigenvalue weighted by molar-refractivity contribution is 0.102. The lowest BCUT2D eigenvalue weighted by atomic mass is 10.1. The van der Waals surface area contributed by atoms with Crippen molar-refractivity contribution in [2.45, 2.75) is 6.54 Å². The topological polar surface area (TPSA) is 135 Å². The minimum atomic E-state index is -0.663. The minimum Gasteiger partial charge on any atom is -0.397 e. The molecular weight excluding hydrogens is 410 g/mol. The van der Waals surface area contributed by atoms with E-state index in [4.69, 9.17) is 10.6 Å². The first-order valence-corrected chi connectivity index (χ1v) is 9.68. The second-order valence-electron chi connectivity index (χ2n) is 6.89. The number of carbonyl (C=O) groups is 1. The first-order valence-electron chi connectivity index (χ1n) is 9.68. The molecular formula is C23H19N5O4. The predicted octanol–water partition coefficient (Wildman–Crippen LogP) is 2.53. The van der Waals surface area contributed by atoms with Crippen LogP contribution in [0.5, 0.6) is 5.75 Å². The van der Waals surface area contributed by atoms with Gasteiger partial charge in [0, 0.05) is 18.3 Å². The second kappa shape index (κ2) is 9.00. The molecule has 0 spiro atoms. The molecule has 32 heavy (non-hydrogen) atoms. The zero-order valence-corrected chi connectivity index (χ0v) is 16.8. The Kier molecular flexibility index (Phi) is 5.80. The van der Waals surface area contributed by atoms with Crippen LogP contribution < -0.4 is 37.5 Å². The molecule has 0 radical (unpaired) electrons. The summed E-state index contributed by atoms with van der Waals surface area (Å²) in [5.41, 5.74) is 9.53. The highest BCUT2D eigenvalue weighted by Crippen LogP contribution is 2.19. The van der Waals surface area contributed by atoms with Crippen LogP contribution in [0.2, 0.25) is 0 Å². The number of amides is 1. The van der Waals surface area contributed by atoms with Gasteiger partial charge in [-0.25, -0.2) is 5.48 Å². The van der Waals surface area contributed by atoms with Gasteiger partial charge in [0.15, 0.2) is 11.4 Å². The maximum absolute atomic E-state index is 12.4. The van der Waals surface area contributed by atoms with E-state index in [1.165, 1.54) is 6.20 Å². The van der Waals surface area contributed by atoms with Crippen LogP contribution in [0.25, 0.3) is 0 Å². The monoisotopic (exact) mass is 429 g/mol. The van der Waals surface area contributed by atoms with Crippen LogP contribution in [0.4, 0.5) is 22.7 Å². The molecule has 0 saturated carbocycles. The maximum Gasteiger partial charge on any atom is 0.256 e. The molecule has 1 aromatic heterocycles. The molecule has 0 fully saturated rings. The Morgan fingerprint density at radius 3 is 2.41 bits per heavy atom. The normalized spacial score (nSPS) is 10.5. The summed E-state index contributed by atoms with van der Waals surface area (Å²) >= 11 is 0. The van der Waals surface area contributed by atoms with E-state index in [-0.39, 0.29) is 23.8 Å². The highest BCUT2D eigenvalue weighted by Gasteiger charge is 2.21. The summed E-state index contributed by atoms with van der Waals surface area (Å²) in [6.45, 7) is 0.278. The van der Waals surface area contributed by atoms with Gasteiger partial charge >= 0.3 is 0 Å². The van der Waals surface area contributed by atoms with Gasteiger partial charge in [-0.05, 0) is 42.0 Å². The molecule has 0 bridgehead atoms. The molecule has 4 rings (SSSR count). The molecule has 0 aliphatic heterocycles. The molecule has 0 aliphatic carbocycles. The molecule has 9 nitrogen and oxygen atoms in total. The van der Waals surface area contributed by atoms with Gasteiger partial charge in [0.05, 0.1) is 17.6 Å². The summed E-state index contributed by atoms with van der Waals surface area (Å²) in [6.07, 6.45) is 3.05. The van der Waals surface area contributed by atoms with Crippen molar-refractivity contribution < 1.29 is 9.63 Å². The first-order chi connectivity index (χ1) is 15.5. The van der Waals surface area contributed by atoms with Crippen molar-refractivity contribution in [3.63, 3.8) is 0 Å². The predicted molar refractivity (Wildman–Crippen MR) is 122 cm³/mol. The second-order valence-corrected chi connectivity index (χ2v) is 6.89. The molecule has 0 aliphatic rings. The molecule has 3 aromatic carbocycles. The average molecular weight is 429 g/mol. The Hall–Kier alpha value is -4.66. The van der Waals surface area contributed by atoms with E-state index >= 15 is 0 Å². The van der Waals surface area contributed by atoms with E-state index in [2.05, 4.69) is 21.1 Å². The van der Waals surface area contributed by atoms with Gasteiger partial charge in [0.25, 0.3) is 16.8 Å². The lowest BCUT2D eigenvalue weighted by Crippen LogP contribution is -2.38. The summed E-state index contributed by atoms with van der Waals surface area (Å²) < 4.78 is 0. The van der Waals surface area contributed by atoms with Gasteiger partial charge in [0.1, 0.15) is 5.69 Å². The van der Waals surface area contributed by atoms with E-state index in [0.717, 1.165) is 5.56 Å². The van der Waals surface area contributed by atoms with Crippen molar-refractivity contribution in [2.24, 2.45) is 0 Å². The number of hydrogen-bond acceptors (Lipinski definition) is 8. The highest BCUT2D eigenvalue weighted by molar-refractivity contribution is 6.05. The van der Waals surface area contributed by atoms with Crippen molar-refractivity contribution in [3.8, 4) is 5.75 Å². The number of pyridine rings is 1. The standard InChI is InChI=1S/C23H19N5O4/c24-17-5-1-2-6-18(17)27-23(31)15-9-7-14(8-10-15)12-26-19-20(22(30)21(19)29)28-32-16-4-3-11-25-13-16/h1-11,13,26,28H,12,24H2,(H,27,31). The molecule has 1 heterocycles. The van der Waals surface area contributed by atoms with E-state index in [9.17, 15) is 14.4 Å². The number of hydrogen-bond donors (Lipinski definition) is 4. The summed E-state index contributed by atoms with van der Waals surface area (Å²) in [6, 6.07) is 17.2. The van der Waals surface area contributed by atoms with Gasteiger partial charge in [-0.3, -0.25) is 19.4 Å². The number of aromatic nitrogens is 1. The fourth-order valence-electron chi connectivity index (χ4n) is 2.94. The van der Waals surface area contributed by atoms with Crippen LogP contribution in [-0.2, 0) is 6.54 Å². The average Bonchev–Trinajstić information content (AvgIpc) is 2.83. The third-order valence-electron chi connectivity index (χ3n) is 4.71. The van der Waals surface area contributed by atoms with Crippen LogP contribution in [0.15, 0.2) is 82.6 Å². The zero-order chi connectivity index (χ0) is 22.5. The number of nitrogens with zero attached hydrogens (tertiary/aromatic N) is 1. The molecule has 1 amide bonds. The number of nitrogens with one attached hydrogen (secondary N) is 3. The number of benzene rings is 2. The number of para-hydroxylation sites is 2. The van der Waals surface area contributed by atoms with Crippen molar-refractivity contribution in [1.82, 2.24) is 4.98 Å². The Bertz CT molecular complexity index is 1310. The highest BCUT2D eigenvalue weighted by atomic mass is 16.6. The summed E-state index contributed by atoms with van der Waals surface area (Å²) in [5.74, 6) is 0.113. The van der Waals surface area contributed by atoms with Crippen LogP contribution in [-0.4, -0.2) is 10.9 Å². The van der Waals surface area contributed by atoms with E-state index in [0.29, 0.717) is 22.7 Å². The van der Waals surface area contributed by atoms with E-state index < -0.39 is 10.9 Å². The molecule has 0 atom stereocenters. The number of rotatable bonds is 8. The molecule has 4 aromatic rings. The number of nitrogens with two attached hydrogens (primary N) is 1. The van der Waals surface area contributed by atoms with Gasteiger partial charge < -0.3 is 21.2 Å². The Morgan fingerprint density at radius 1 is 0.938 bits per heavy atom. The maximum atomic E-state index is 12.4. The quantitative estimate of drug-likeness (QED) is 0.191. The lowest BCUT2D eigenvalue weighted by Gasteiger charge is -2.15. The summed E-state index contributed by atoms with van der Waals surface area (Å²) in [5, 5.41) is 5.69. The molecule has 9 heteroatoms. The Morgan fingerprint density at radius 2 is 1.69 bits per heavy atom. The number of anilines is 4. The third-order valence-corrected chi connectivity index (χ3v) is 4.71. The fraction of sp³-hybridized carbons (Fsp3) is 0.0435. The number of carbonyl (C=O) groups excluding carboxylic acids is 1. The van der Waals surface area contributed by atoms with E-state index in [1.807, 2.05) is 0 Å². The smallest absolute Gasteiger partial charge is 0.256 e. The van der Waals surface area contributed by atoms with Gasteiger partial charge in [-0.15, -0.1) is 0 Å². The Balaban J connectivity index is 1.36. The summed E-state index contributed by atoms with van der Waals surface area (Å²) in [4.78, 5) is 45.3. The van der Waals surface area contributed by atoms with Crippen LogP contribution in [0, 0.1) is 0 Å². The minimum absolute atomic E-state index is 0.0512. The van der Waals surface area contributed by atoms with Crippen molar-refractivity contribution >= 4 is 28.7 Å². The SMILES string of the molecule is Nc1ccccc1NC(=O)c1ccc(CNc2c(NOc3cccnc3)c(=O)c2=O)cc1. The molecule has 0 saturated heterocycles. The molecule has 0 unspecified atom stereocenters. The van der Waals surface area contributed by atoms with Crippen molar-refractivity contribution in [1.29, 1.82) is 0 Å². The Labute approximate surface area is 182 Å². The van der Waals surface area contributed by atoms with Crippen molar-refractivity contribution in [2.75, 3.05) is 21.8 Å². The van der Waals surface area contributed by atoms with Crippen molar-refractivity contribution in [3.05, 3.63) is 105 Å². The van der Waals surface area contributed by atoms with Gasteiger partial charge in [-0.1, -0.05) is 24.3 Å². The zero-order valence-electron chi connectivity index (χ0n) is 16.8. The van der Waals surface area contributed by atoms with Crippen LogP contribution in [0.3, 0.4) is 0 Å². The van der Waals surface area contributed by atoms with Gasteiger partial charge in [0.2, 0.25) is 0 Å². The van der Waals surface area contributed by atoms with E-state index in [1.54, 1.807) is 66.9 Å². The van der Waals surface area contributed by atoms with Crippen LogP contribution >= 0.6 is 0 Å². The fourth-order valence-corrected chi connectivity index (χ4v) is 2.94. The van der Waals surface area contributed by atoms with Crippen LogP contribution in [0.1, 0.15) is 15.9 Å². The molecule has 160 valence electrons.